The lowest BCUT2D eigenvalue weighted by molar-refractivity contribution is 0.239. The third-order valence-electron chi connectivity index (χ3n) is 5.79. The Hall–Kier alpha value is -3.33. The monoisotopic (exact) mass is 459 g/mol. The van der Waals surface area contributed by atoms with Gasteiger partial charge in [0.1, 0.15) is 5.82 Å². The van der Waals surface area contributed by atoms with Crippen molar-refractivity contribution in [1.82, 2.24) is 24.2 Å². The summed E-state index contributed by atoms with van der Waals surface area (Å²) in [7, 11) is -3.59. The van der Waals surface area contributed by atoms with E-state index in [-0.39, 0.29) is 0 Å². The van der Waals surface area contributed by atoms with Crippen LogP contribution in [0, 0.1) is 0 Å². The van der Waals surface area contributed by atoms with E-state index in [1.165, 1.54) is 0 Å². The number of fused-ring (bicyclic) bond motifs is 1. The minimum absolute atomic E-state index is 0.323. The van der Waals surface area contributed by atoms with Gasteiger partial charge in [0.25, 0.3) is 0 Å². The Kier molecular flexibility index (Phi) is 6.04. The average molecular weight is 460 g/mol. The summed E-state index contributed by atoms with van der Waals surface area (Å²) in [6, 6.07) is 21.0. The van der Waals surface area contributed by atoms with Crippen molar-refractivity contribution >= 4 is 10.0 Å². The highest BCUT2D eigenvalue weighted by Crippen LogP contribution is 2.29. The van der Waals surface area contributed by atoms with Gasteiger partial charge < -0.3 is 4.98 Å². The highest BCUT2D eigenvalue weighted by Gasteiger charge is 2.30. The van der Waals surface area contributed by atoms with Gasteiger partial charge in [0.05, 0.1) is 17.1 Å². The van der Waals surface area contributed by atoms with Crippen molar-refractivity contribution in [1.29, 1.82) is 0 Å². The van der Waals surface area contributed by atoms with E-state index in [9.17, 15) is 8.42 Å². The fourth-order valence-corrected chi connectivity index (χ4v) is 5.64. The Morgan fingerprint density at radius 2 is 1.64 bits per heavy atom. The van der Waals surface area contributed by atoms with E-state index in [4.69, 9.17) is 0 Å². The molecule has 8 heteroatoms. The summed E-state index contributed by atoms with van der Waals surface area (Å²) < 4.78 is 28.3. The molecule has 3 heterocycles. The van der Waals surface area contributed by atoms with Gasteiger partial charge in [0, 0.05) is 44.8 Å². The number of hydrogen-bond donors (Lipinski definition) is 1. The number of sulfonamides is 1. The van der Waals surface area contributed by atoms with E-state index < -0.39 is 10.0 Å². The minimum Gasteiger partial charge on any atom is -0.348 e. The predicted octanol–water partition coefficient (Wildman–Crippen LogP) is 3.71. The molecule has 0 bridgehead atoms. The van der Waals surface area contributed by atoms with Crippen molar-refractivity contribution in [2.24, 2.45) is 0 Å². The zero-order valence-electron chi connectivity index (χ0n) is 18.1. The first-order chi connectivity index (χ1) is 16.1. The van der Waals surface area contributed by atoms with Gasteiger partial charge in [0.15, 0.2) is 0 Å². The number of hydrogen-bond acceptors (Lipinski definition) is 5. The Balaban J connectivity index is 1.36. The summed E-state index contributed by atoms with van der Waals surface area (Å²) in [5.74, 6) is 0.851. The van der Waals surface area contributed by atoms with Gasteiger partial charge in [0.2, 0.25) is 10.0 Å². The second-order valence-electron chi connectivity index (χ2n) is 8.19. The van der Waals surface area contributed by atoms with Gasteiger partial charge in [-0.25, -0.2) is 13.4 Å². The summed E-state index contributed by atoms with van der Waals surface area (Å²) in [6.45, 7) is 2.61. The van der Waals surface area contributed by atoms with Crippen LogP contribution in [-0.4, -0.2) is 32.6 Å². The van der Waals surface area contributed by atoms with Crippen LogP contribution in [0.1, 0.15) is 28.2 Å². The molecule has 0 saturated heterocycles. The van der Waals surface area contributed by atoms with Crippen molar-refractivity contribution in [3.63, 3.8) is 0 Å². The molecule has 0 fully saturated rings. The largest absolute Gasteiger partial charge is 0.348 e. The first-order valence-electron chi connectivity index (χ1n) is 10.8. The molecule has 2 aromatic carbocycles. The number of nitrogens with one attached hydrogen (secondary N) is 1. The number of nitrogens with zero attached hydrogens (tertiary/aromatic N) is 4. The molecule has 0 atom stereocenters. The number of pyridine rings is 1. The molecule has 1 aliphatic rings. The van der Waals surface area contributed by atoms with Crippen molar-refractivity contribution < 1.29 is 8.42 Å². The van der Waals surface area contributed by atoms with Gasteiger partial charge in [-0.2, -0.15) is 4.31 Å². The van der Waals surface area contributed by atoms with Crippen molar-refractivity contribution in [2.75, 3.05) is 0 Å². The molecular weight excluding hydrogens is 434 g/mol. The SMILES string of the molecule is O=S(=O)(c1cccc(CN(Cc2ccccn2)Cc2ncc[nH]2)c1)N1Cc2ccccc2C1. The van der Waals surface area contributed by atoms with E-state index >= 15 is 0 Å². The molecule has 1 N–H and O–H groups in total. The minimum atomic E-state index is -3.59. The second kappa shape index (κ2) is 9.27. The summed E-state index contributed by atoms with van der Waals surface area (Å²) in [4.78, 5) is 14.5. The summed E-state index contributed by atoms with van der Waals surface area (Å²) in [5.41, 5.74) is 4.01. The molecular formula is C25H25N5O2S. The van der Waals surface area contributed by atoms with Gasteiger partial charge in [-0.1, -0.05) is 42.5 Å². The summed E-state index contributed by atoms with van der Waals surface area (Å²) in [6.07, 6.45) is 5.31. The molecule has 5 rings (SSSR count). The van der Waals surface area contributed by atoms with Crippen LogP contribution in [0.3, 0.4) is 0 Å². The lowest BCUT2D eigenvalue weighted by Crippen LogP contribution is -2.26. The molecule has 4 aromatic rings. The quantitative estimate of drug-likeness (QED) is 0.434. The maximum Gasteiger partial charge on any atom is 0.243 e. The lowest BCUT2D eigenvalue weighted by atomic mass is 10.1. The van der Waals surface area contributed by atoms with Crippen molar-refractivity contribution in [3.8, 4) is 0 Å². The maximum absolute atomic E-state index is 13.4. The molecule has 1 aliphatic heterocycles. The van der Waals surface area contributed by atoms with Gasteiger partial charge in [-0.3, -0.25) is 9.88 Å². The van der Waals surface area contributed by atoms with Crippen LogP contribution >= 0.6 is 0 Å². The van der Waals surface area contributed by atoms with E-state index in [1.54, 1.807) is 35.0 Å². The van der Waals surface area contributed by atoms with Crippen molar-refractivity contribution in [2.45, 2.75) is 37.6 Å². The second-order valence-corrected chi connectivity index (χ2v) is 10.1. The molecule has 0 aliphatic carbocycles. The van der Waals surface area contributed by atoms with Crippen LogP contribution in [0.4, 0.5) is 0 Å². The Bertz CT molecular complexity index is 1300. The van der Waals surface area contributed by atoms with Gasteiger partial charge >= 0.3 is 0 Å². The summed E-state index contributed by atoms with van der Waals surface area (Å²) in [5, 5.41) is 0. The number of H-pyrrole nitrogens is 1. The predicted molar refractivity (Wildman–Crippen MR) is 125 cm³/mol. The van der Waals surface area contributed by atoms with Gasteiger partial charge in [-0.15, -0.1) is 0 Å². The number of benzene rings is 2. The first kappa shape index (κ1) is 21.5. The van der Waals surface area contributed by atoms with Crippen LogP contribution in [0.25, 0.3) is 0 Å². The molecule has 0 saturated carbocycles. The van der Waals surface area contributed by atoms with E-state index in [0.717, 1.165) is 28.2 Å². The number of aromatic amines is 1. The van der Waals surface area contributed by atoms with Crippen LogP contribution in [0.15, 0.2) is 90.2 Å². The number of imidazole rings is 1. The fourth-order valence-electron chi connectivity index (χ4n) is 4.17. The average Bonchev–Trinajstić information content (AvgIpc) is 3.50. The topological polar surface area (TPSA) is 82.2 Å². The number of rotatable bonds is 8. The van der Waals surface area contributed by atoms with Crippen LogP contribution in [-0.2, 0) is 42.7 Å². The smallest absolute Gasteiger partial charge is 0.243 e. The molecule has 0 amide bonds. The highest BCUT2D eigenvalue weighted by molar-refractivity contribution is 7.89. The summed E-state index contributed by atoms with van der Waals surface area (Å²) >= 11 is 0. The standard InChI is InChI=1S/C25H25N5O2S/c31-33(32,30-16-21-7-1-2-8-22(21)17-30)24-10-5-6-20(14-24)15-29(19-25-27-12-13-28-25)18-23-9-3-4-11-26-23/h1-14H,15-19H2,(H,27,28). The zero-order chi connectivity index (χ0) is 22.7. The molecule has 7 nitrogen and oxygen atoms in total. The first-order valence-corrected chi connectivity index (χ1v) is 12.3. The third kappa shape index (κ3) is 4.88. The molecule has 0 radical (unpaired) electrons. The fraction of sp³-hybridized carbons (Fsp3) is 0.200. The van der Waals surface area contributed by atoms with Crippen LogP contribution < -0.4 is 0 Å². The Morgan fingerprint density at radius 1 is 0.848 bits per heavy atom. The lowest BCUT2D eigenvalue weighted by Gasteiger charge is -2.22. The molecule has 0 unspecified atom stereocenters. The maximum atomic E-state index is 13.4. The van der Waals surface area contributed by atoms with Crippen molar-refractivity contribution in [3.05, 3.63) is 114 Å². The third-order valence-corrected chi connectivity index (χ3v) is 7.58. The van der Waals surface area contributed by atoms with E-state index in [2.05, 4.69) is 19.9 Å². The molecule has 168 valence electrons. The van der Waals surface area contributed by atoms with Crippen LogP contribution in [0.5, 0.6) is 0 Å². The normalized spacial score (nSPS) is 14.0. The zero-order valence-corrected chi connectivity index (χ0v) is 18.9. The molecule has 33 heavy (non-hydrogen) atoms. The highest BCUT2D eigenvalue weighted by atomic mass is 32.2. The molecule has 0 spiro atoms. The Labute approximate surface area is 193 Å². The van der Waals surface area contributed by atoms with E-state index in [0.29, 0.717) is 37.6 Å². The molecule has 2 aromatic heterocycles. The van der Waals surface area contributed by atoms with E-state index in [1.807, 2.05) is 54.6 Å². The van der Waals surface area contributed by atoms with Crippen LogP contribution in [0.2, 0.25) is 0 Å². The Morgan fingerprint density at radius 3 is 2.33 bits per heavy atom. The van der Waals surface area contributed by atoms with Gasteiger partial charge in [-0.05, 0) is 41.0 Å². The number of aromatic nitrogens is 3.